The molecule has 0 saturated heterocycles. The van der Waals surface area contributed by atoms with E-state index in [1.54, 1.807) is 11.3 Å². The summed E-state index contributed by atoms with van der Waals surface area (Å²) in [6, 6.07) is 14.1. The largest absolute Gasteiger partial charge is 2.00 e. The Morgan fingerprint density at radius 3 is 2.56 bits per heavy atom. The Hall–Kier alpha value is -0.718. The van der Waals surface area contributed by atoms with Gasteiger partial charge < -0.3 is 41.4 Å². The van der Waals surface area contributed by atoms with Gasteiger partial charge in [-0.1, -0.05) is 30.3 Å². The number of para-hydroxylation sites is 1. The molecule has 0 aliphatic rings. The van der Waals surface area contributed by atoms with Crippen molar-refractivity contribution in [3.05, 3.63) is 53.1 Å². The van der Waals surface area contributed by atoms with Crippen LogP contribution in [0.1, 0.15) is 0 Å². The molecule has 3 rings (SSSR count). The van der Waals surface area contributed by atoms with Gasteiger partial charge in [-0.05, 0) is 12.1 Å². The monoisotopic (exact) mass is 560 g/mol. The number of hydrogen-bond donors (Lipinski definition) is 0. The van der Waals surface area contributed by atoms with E-state index in [2.05, 4.69) is 21.7 Å². The summed E-state index contributed by atoms with van der Waals surface area (Å²) in [6.45, 7) is 2.08. The van der Waals surface area contributed by atoms with Gasteiger partial charge >= 0.3 is 0 Å². The first-order valence-electron chi connectivity index (χ1n) is 7.34. The number of nitrogens with zero attached hydrogens (tertiary/aromatic N) is 3. The number of hydrogen-bond acceptors (Lipinski definition) is 4. The van der Waals surface area contributed by atoms with E-state index in [0.717, 1.165) is 33.2 Å². The summed E-state index contributed by atoms with van der Waals surface area (Å²) in [6.07, 6.45) is 0. The smallest absolute Gasteiger partial charge is 0.124 e. The molecule has 8 heteroatoms. The van der Waals surface area contributed by atoms with Gasteiger partial charge in [-0.15, -0.1) is 11.3 Å². The fraction of sp³-hybridized carbons (Fsp3) is 0.235. The van der Waals surface area contributed by atoms with Gasteiger partial charge in [0.15, 0.2) is 0 Å². The van der Waals surface area contributed by atoms with Crippen molar-refractivity contribution in [3.63, 3.8) is 0 Å². The number of fused-ring (bicyclic) bond motifs is 1. The number of benzene rings is 2. The van der Waals surface area contributed by atoms with Gasteiger partial charge in [0.05, 0.1) is 10.2 Å². The summed E-state index contributed by atoms with van der Waals surface area (Å²) in [4.78, 5) is 5.42. The van der Waals surface area contributed by atoms with Crippen LogP contribution in [0.2, 0.25) is 0 Å². The second-order valence-corrected chi connectivity index (χ2v) is 6.80. The molecular formula is C17H15N3OReS3-6. The molecule has 0 saturated carbocycles. The number of rotatable bonds is 7. The Kier molecular flexibility index (Phi) is 9.90. The Morgan fingerprint density at radius 1 is 1.04 bits per heavy atom. The van der Waals surface area contributed by atoms with E-state index in [-0.39, 0.29) is 25.9 Å². The zero-order valence-corrected chi connectivity index (χ0v) is 18.4. The van der Waals surface area contributed by atoms with Crippen molar-refractivity contribution in [1.29, 1.82) is 0 Å². The summed E-state index contributed by atoms with van der Waals surface area (Å²) >= 11 is 12.0. The van der Waals surface area contributed by atoms with Gasteiger partial charge in [0, 0.05) is 26.0 Å². The number of thiazole rings is 1. The summed E-state index contributed by atoms with van der Waals surface area (Å²) in [7, 11) is 0. The van der Waals surface area contributed by atoms with Crippen molar-refractivity contribution in [2.45, 2.75) is 4.90 Å². The molecule has 25 heavy (non-hydrogen) atoms. The van der Waals surface area contributed by atoms with Crippen molar-refractivity contribution < 1.29 is 25.9 Å². The van der Waals surface area contributed by atoms with E-state index in [4.69, 9.17) is 25.3 Å². The molecule has 0 fully saturated rings. The predicted octanol–water partition coefficient (Wildman–Crippen LogP) is 4.67. The van der Waals surface area contributed by atoms with E-state index >= 15 is 0 Å². The maximum Gasteiger partial charge on any atom is 0.124 e. The molecule has 0 N–H and O–H groups in total. The first-order valence-corrected chi connectivity index (χ1v) is 9.14. The van der Waals surface area contributed by atoms with Gasteiger partial charge in [-0.3, -0.25) is 0 Å². The summed E-state index contributed by atoms with van der Waals surface area (Å²) < 4.78 is 1.19. The van der Waals surface area contributed by atoms with Crippen molar-refractivity contribution in [2.75, 3.05) is 25.4 Å². The van der Waals surface area contributed by atoms with E-state index in [0.29, 0.717) is 18.8 Å². The first-order chi connectivity index (χ1) is 11.3. The Balaban J connectivity index is 0.00000156. The quantitative estimate of drug-likeness (QED) is 0.312. The molecule has 1 radical (unpaired) electrons. The second-order valence-electron chi connectivity index (χ2n) is 4.93. The van der Waals surface area contributed by atoms with Crippen LogP contribution >= 0.6 is 11.3 Å². The van der Waals surface area contributed by atoms with Crippen LogP contribution in [0.15, 0.2) is 47.4 Å². The van der Waals surface area contributed by atoms with Gasteiger partial charge in [0.25, 0.3) is 0 Å². The molecule has 2 aromatic carbocycles. The van der Waals surface area contributed by atoms with Crippen LogP contribution in [-0.2, 0) is 51.2 Å². The molecule has 0 aliphatic heterocycles. The molecule has 0 bridgehead atoms. The second kappa shape index (κ2) is 11.1. The molecule has 3 aromatic rings. The topological polar surface area (TPSA) is 69.6 Å². The molecule has 135 valence electrons. The van der Waals surface area contributed by atoms with Crippen LogP contribution in [0.25, 0.3) is 31.4 Å². The van der Waals surface area contributed by atoms with Crippen LogP contribution in [0, 0.1) is 0 Å². The third-order valence-electron chi connectivity index (χ3n) is 3.29. The average Bonchev–Trinajstić information content (AvgIpc) is 3.00. The van der Waals surface area contributed by atoms with Crippen LogP contribution in [0.4, 0.5) is 5.69 Å². The maximum absolute atomic E-state index is 5.46. The van der Waals surface area contributed by atoms with E-state index in [1.807, 2.05) is 36.4 Å². The van der Waals surface area contributed by atoms with Crippen LogP contribution < -0.4 is 0 Å². The van der Waals surface area contributed by atoms with Crippen LogP contribution in [-0.4, -0.2) is 30.4 Å². The minimum Gasteiger partial charge on any atom is -2.00 e. The molecule has 4 nitrogen and oxygen atoms in total. The third kappa shape index (κ3) is 5.90. The van der Waals surface area contributed by atoms with E-state index in [1.165, 1.54) is 4.70 Å². The van der Waals surface area contributed by atoms with E-state index in [9.17, 15) is 0 Å². The van der Waals surface area contributed by atoms with Crippen LogP contribution in [0.3, 0.4) is 0 Å². The molecule has 0 aliphatic carbocycles. The first kappa shape index (κ1) is 22.3. The molecule has 0 unspecified atom stereocenters. The molecule has 1 heterocycles. The van der Waals surface area contributed by atoms with Gasteiger partial charge in [-0.25, -0.2) is 4.98 Å². The fourth-order valence-corrected chi connectivity index (χ4v) is 3.54. The van der Waals surface area contributed by atoms with Gasteiger partial charge in [0.2, 0.25) is 0 Å². The Bertz CT molecular complexity index is 765. The van der Waals surface area contributed by atoms with Gasteiger partial charge in [-0.2, -0.15) is 36.0 Å². The average molecular weight is 560 g/mol. The third-order valence-corrected chi connectivity index (χ3v) is 4.89. The summed E-state index contributed by atoms with van der Waals surface area (Å²) in [5.41, 5.74) is 2.92. The molecule has 1 aromatic heterocycles. The minimum absolute atomic E-state index is 0. The van der Waals surface area contributed by atoms with Crippen molar-refractivity contribution in [1.82, 2.24) is 4.98 Å². The Morgan fingerprint density at radius 2 is 1.84 bits per heavy atom. The Labute approximate surface area is 176 Å². The minimum atomic E-state index is 0. The number of aromatic nitrogens is 1. The normalized spacial score (nSPS) is 10.1. The molecule has 0 spiro atoms. The van der Waals surface area contributed by atoms with E-state index < -0.39 is 0 Å². The molecule has 0 amide bonds. The van der Waals surface area contributed by atoms with Gasteiger partial charge in [0.1, 0.15) is 5.01 Å². The van der Waals surface area contributed by atoms with Crippen molar-refractivity contribution in [3.8, 4) is 10.6 Å². The maximum atomic E-state index is 5.46. The van der Waals surface area contributed by atoms with Crippen molar-refractivity contribution in [2.24, 2.45) is 0 Å². The fourth-order valence-electron chi connectivity index (χ4n) is 2.19. The molecular weight excluding hydrogens is 545 g/mol. The predicted molar refractivity (Wildman–Crippen MR) is 105 cm³/mol. The molecule has 0 atom stereocenters. The summed E-state index contributed by atoms with van der Waals surface area (Å²) in [5.74, 6) is 0.670. The summed E-state index contributed by atoms with van der Waals surface area (Å²) in [5, 5.41) is 9.78. The zero-order chi connectivity index (χ0) is 16.1. The zero-order valence-electron chi connectivity index (χ0n) is 13.2. The standard InChI is InChI=1S/C17H17N3S3.O.Re/c21-10-9-18-7-8-19-13-6-5-12(11-15(13)22)17-20-14-3-1-2-4-16(14)23-17;;/h1-6,11H,7-10H2,(H2-,19,20,21,22);;/q2*-2;/p-2. The SMILES string of the molecule is [O-2].[Re].[S-]CC[N-]CC[N-]c1ccc(-c2nc3ccccc3s2)cc1[S-]. The van der Waals surface area contributed by atoms with Crippen molar-refractivity contribution >= 4 is 52.5 Å². The van der Waals surface area contributed by atoms with Crippen LogP contribution in [0.5, 0.6) is 0 Å².